The molecule has 0 spiro atoms. The number of halogens is 2. The van der Waals surface area contributed by atoms with Crippen molar-refractivity contribution in [1.82, 2.24) is 9.97 Å². The van der Waals surface area contributed by atoms with Gasteiger partial charge >= 0.3 is 0 Å². The van der Waals surface area contributed by atoms with E-state index in [-0.39, 0.29) is 4.90 Å². The minimum atomic E-state index is -3.79. The summed E-state index contributed by atoms with van der Waals surface area (Å²) in [5.74, 6) is 0. The van der Waals surface area contributed by atoms with Crippen LogP contribution in [-0.2, 0) is 9.05 Å². The second-order valence-corrected chi connectivity index (χ2v) is 5.97. The van der Waals surface area contributed by atoms with Crippen molar-refractivity contribution in [3.05, 3.63) is 22.9 Å². The molecule has 0 saturated carbocycles. The molecule has 2 rings (SSSR count). The second kappa shape index (κ2) is 3.22. The lowest BCUT2D eigenvalue weighted by molar-refractivity contribution is 0.610. The highest BCUT2D eigenvalue weighted by Gasteiger charge is 2.19. The van der Waals surface area contributed by atoms with E-state index in [0.29, 0.717) is 15.5 Å². The molecular weight excluding hydrogens is 292 g/mol. The molecule has 2 aromatic rings. The van der Waals surface area contributed by atoms with Crippen molar-refractivity contribution in [2.24, 2.45) is 0 Å². The van der Waals surface area contributed by atoms with Gasteiger partial charge in [-0.2, -0.15) is 0 Å². The molecule has 1 aromatic carbocycles. The van der Waals surface area contributed by atoms with Gasteiger partial charge in [0.1, 0.15) is 10.4 Å². The van der Waals surface area contributed by atoms with Gasteiger partial charge in [0.05, 0.1) is 11.8 Å². The van der Waals surface area contributed by atoms with E-state index >= 15 is 0 Å². The van der Waals surface area contributed by atoms with Gasteiger partial charge in [0.25, 0.3) is 9.05 Å². The molecule has 74 valence electrons. The van der Waals surface area contributed by atoms with E-state index in [1.54, 1.807) is 12.1 Å². The number of imidazole rings is 1. The molecule has 7 heteroatoms. The second-order valence-electron chi connectivity index (χ2n) is 2.61. The van der Waals surface area contributed by atoms with Crippen LogP contribution in [0.3, 0.4) is 0 Å². The molecule has 0 aliphatic rings. The number of hydrogen-bond acceptors (Lipinski definition) is 3. The molecule has 1 N–H and O–H groups in total. The molecule has 0 bridgehead atoms. The van der Waals surface area contributed by atoms with Crippen LogP contribution in [-0.4, -0.2) is 18.4 Å². The van der Waals surface area contributed by atoms with E-state index < -0.39 is 9.05 Å². The third-order valence-corrected chi connectivity index (χ3v) is 4.03. The first kappa shape index (κ1) is 9.95. The van der Waals surface area contributed by atoms with E-state index in [2.05, 4.69) is 25.9 Å². The lowest BCUT2D eigenvalue weighted by Crippen LogP contribution is -1.93. The third kappa shape index (κ3) is 1.53. The Hall–Kier alpha value is -0.590. The smallest absolute Gasteiger partial charge is 0.264 e. The summed E-state index contributed by atoms with van der Waals surface area (Å²) in [6, 6.07) is 3.33. The van der Waals surface area contributed by atoms with E-state index in [0.717, 1.165) is 0 Å². The van der Waals surface area contributed by atoms with Gasteiger partial charge < -0.3 is 4.98 Å². The number of nitrogens with zero attached hydrogens (tertiary/aromatic N) is 1. The van der Waals surface area contributed by atoms with Crippen molar-refractivity contribution in [2.75, 3.05) is 0 Å². The molecule has 0 unspecified atom stereocenters. The fourth-order valence-electron chi connectivity index (χ4n) is 1.19. The molecule has 0 saturated heterocycles. The van der Waals surface area contributed by atoms with E-state index in [1.165, 1.54) is 6.33 Å². The number of rotatable bonds is 1. The van der Waals surface area contributed by atoms with Crippen LogP contribution in [0.25, 0.3) is 11.0 Å². The van der Waals surface area contributed by atoms with Crippen molar-refractivity contribution in [2.45, 2.75) is 4.90 Å². The Morgan fingerprint density at radius 3 is 2.79 bits per heavy atom. The molecule has 1 heterocycles. The minimum absolute atomic E-state index is 0.00193. The van der Waals surface area contributed by atoms with Gasteiger partial charge in [-0.05, 0) is 28.1 Å². The van der Waals surface area contributed by atoms with Crippen LogP contribution >= 0.6 is 26.6 Å². The van der Waals surface area contributed by atoms with Gasteiger partial charge in [0.15, 0.2) is 0 Å². The molecule has 0 radical (unpaired) electrons. The maximum atomic E-state index is 11.2. The van der Waals surface area contributed by atoms with Crippen LogP contribution in [0.15, 0.2) is 27.8 Å². The monoisotopic (exact) mass is 294 g/mol. The first-order chi connectivity index (χ1) is 6.50. The summed E-state index contributed by atoms with van der Waals surface area (Å²) in [6.45, 7) is 0. The van der Waals surface area contributed by atoms with Crippen LogP contribution in [0, 0.1) is 0 Å². The summed E-state index contributed by atoms with van der Waals surface area (Å²) in [6.07, 6.45) is 1.42. The van der Waals surface area contributed by atoms with Gasteiger partial charge in [-0.3, -0.25) is 0 Å². The van der Waals surface area contributed by atoms with E-state index in [1.807, 2.05) is 0 Å². The van der Waals surface area contributed by atoms with E-state index in [4.69, 9.17) is 10.7 Å². The molecule has 0 amide bonds. The lowest BCUT2D eigenvalue weighted by atomic mass is 10.3. The highest BCUT2D eigenvalue weighted by Crippen LogP contribution is 2.30. The Morgan fingerprint density at radius 2 is 2.14 bits per heavy atom. The summed E-state index contributed by atoms with van der Waals surface area (Å²) in [5.41, 5.74) is 0.974. The standard InChI is InChI=1S/C7H4BrClN2O2S/c8-4-1-2-5-6(11-3-10-5)7(4)14(9,12)13/h1-3H,(H,10,11). The molecular formula is C7H4BrClN2O2S. The van der Waals surface area contributed by atoms with Crippen LogP contribution in [0.1, 0.15) is 0 Å². The van der Waals surface area contributed by atoms with E-state index in [9.17, 15) is 8.42 Å². The largest absolute Gasteiger partial charge is 0.345 e. The quantitative estimate of drug-likeness (QED) is 0.821. The summed E-state index contributed by atoms with van der Waals surface area (Å²) in [4.78, 5) is 6.70. The molecule has 0 atom stereocenters. The van der Waals surface area contributed by atoms with Gasteiger partial charge in [-0.15, -0.1) is 0 Å². The predicted molar refractivity (Wildman–Crippen MR) is 56.8 cm³/mol. The van der Waals surface area contributed by atoms with Crippen LogP contribution in [0.2, 0.25) is 0 Å². The van der Waals surface area contributed by atoms with Crippen molar-refractivity contribution in [1.29, 1.82) is 0 Å². The van der Waals surface area contributed by atoms with Crippen LogP contribution < -0.4 is 0 Å². The predicted octanol–water partition coefficient (Wildman–Crippen LogP) is 2.25. The summed E-state index contributed by atoms with van der Waals surface area (Å²) in [5, 5.41) is 0. The molecule has 0 fully saturated rings. The number of nitrogens with one attached hydrogen (secondary N) is 1. The molecule has 14 heavy (non-hydrogen) atoms. The Morgan fingerprint density at radius 1 is 1.43 bits per heavy atom. The van der Waals surface area contributed by atoms with Gasteiger partial charge in [-0.1, -0.05) is 0 Å². The van der Waals surface area contributed by atoms with Crippen molar-refractivity contribution >= 4 is 46.7 Å². The number of aromatic nitrogens is 2. The highest BCUT2D eigenvalue weighted by atomic mass is 79.9. The first-order valence-electron chi connectivity index (χ1n) is 3.56. The fourth-order valence-corrected chi connectivity index (χ4v) is 3.59. The highest BCUT2D eigenvalue weighted by molar-refractivity contribution is 9.10. The van der Waals surface area contributed by atoms with Crippen molar-refractivity contribution in [3.8, 4) is 0 Å². The Kier molecular flexibility index (Phi) is 2.29. The first-order valence-corrected chi connectivity index (χ1v) is 6.66. The topological polar surface area (TPSA) is 62.8 Å². The number of hydrogen-bond donors (Lipinski definition) is 1. The number of H-pyrrole nitrogens is 1. The van der Waals surface area contributed by atoms with Crippen LogP contribution in [0.5, 0.6) is 0 Å². The third-order valence-electron chi connectivity index (χ3n) is 1.74. The zero-order chi connectivity index (χ0) is 10.3. The van der Waals surface area contributed by atoms with Crippen LogP contribution in [0.4, 0.5) is 0 Å². The maximum Gasteiger partial charge on any atom is 0.264 e. The zero-order valence-corrected chi connectivity index (χ0v) is 9.82. The average molecular weight is 296 g/mol. The number of aromatic amines is 1. The summed E-state index contributed by atoms with van der Waals surface area (Å²) in [7, 11) is 1.50. The number of fused-ring (bicyclic) bond motifs is 1. The minimum Gasteiger partial charge on any atom is -0.345 e. The zero-order valence-electron chi connectivity index (χ0n) is 6.66. The van der Waals surface area contributed by atoms with Crippen molar-refractivity contribution < 1.29 is 8.42 Å². The molecule has 0 aliphatic carbocycles. The van der Waals surface area contributed by atoms with Crippen molar-refractivity contribution in [3.63, 3.8) is 0 Å². The fraction of sp³-hybridized carbons (Fsp3) is 0. The lowest BCUT2D eigenvalue weighted by Gasteiger charge is -2.00. The van der Waals surface area contributed by atoms with Gasteiger partial charge in [-0.25, -0.2) is 13.4 Å². The van der Waals surface area contributed by atoms with Gasteiger partial charge in [0.2, 0.25) is 0 Å². The Labute approximate surface area is 92.8 Å². The maximum absolute atomic E-state index is 11.2. The summed E-state index contributed by atoms with van der Waals surface area (Å²) < 4.78 is 22.9. The summed E-state index contributed by atoms with van der Waals surface area (Å²) >= 11 is 3.12. The Balaban J connectivity index is 2.98. The SMILES string of the molecule is O=S(=O)(Cl)c1c(Br)ccc2[nH]cnc12. The Bertz CT molecular complexity index is 593. The van der Waals surface area contributed by atoms with Gasteiger partial charge in [0, 0.05) is 15.2 Å². The number of benzene rings is 1. The average Bonchev–Trinajstić information content (AvgIpc) is 2.48. The molecule has 1 aromatic heterocycles. The normalized spacial score (nSPS) is 12.1. The molecule has 0 aliphatic heterocycles. The molecule has 4 nitrogen and oxygen atoms in total.